The highest BCUT2D eigenvalue weighted by Crippen LogP contribution is 2.21. The van der Waals surface area contributed by atoms with Crippen molar-refractivity contribution >= 4 is 26.8 Å². The Morgan fingerprint density at radius 1 is 1.38 bits per heavy atom. The molecular formula is C11H12BrN. The molecule has 2 aromatic rings. The highest BCUT2D eigenvalue weighted by molar-refractivity contribution is 9.09. The monoisotopic (exact) mass is 237 g/mol. The molecule has 0 spiro atoms. The van der Waals surface area contributed by atoms with E-state index in [4.69, 9.17) is 0 Å². The van der Waals surface area contributed by atoms with Gasteiger partial charge in [-0.15, -0.1) is 0 Å². The molecule has 68 valence electrons. The van der Waals surface area contributed by atoms with E-state index in [2.05, 4.69) is 58.2 Å². The number of nitrogens with one attached hydrogen (secondary N) is 1. The number of alkyl halides is 1. The fraction of sp³-hybridized carbons (Fsp3) is 0.273. The van der Waals surface area contributed by atoms with Crippen molar-refractivity contribution in [1.29, 1.82) is 0 Å². The van der Waals surface area contributed by atoms with Crippen LogP contribution in [0.3, 0.4) is 0 Å². The first-order chi connectivity index (χ1) is 6.31. The summed E-state index contributed by atoms with van der Waals surface area (Å²) >= 11 is 3.49. The number of rotatable bonds is 2. The maximum atomic E-state index is 3.49. The zero-order chi connectivity index (χ0) is 9.26. The summed E-state index contributed by atoms with van der Waals surface area (Å²) in [7, 11) is 0. The van der Waals surface area contributed by atoms with Gasteiger partial charge in [0.2, 0.25) is 0 Å². The minimum Gasteiger partial charge on any atom is -0.358 e. The quantitative estimate of drug-likeness (QED) is 0.768. The smallest absolute Gasteiger partial charge is 0.0456 e. The Balaban J connectivity index is 2.49. The molecule has 1 N–H and O–H groups in total. The van der Waals surface area contributed by atoms with Crippen molar-refractivity contribution in [1.82, 2.24) is 4.98 Å². The van der Waals surface area contributed by atoms with Crippen LogP contribution in [-0.2, 0) is 0 Å². The third-order valence-electron chi connectivity index (χ3n) is 2.31. The van der Waals surface area contributed by atoms with Crippen LogP contribution in [0.25, 0.3) is 10.9 Å². The van der Waals surface area contributed by atoms with E-state index in [0.717, 1.165) is 5.33 Å². The summed E-state index contributed by atoms with van der Waals surface area (Å²) in [6.45, 7) is 2.21. The van der Waals surface area contributed by atoms with Crippen LogP contribution in [0.1, 0.15) is 18.5 Å². The van der Waals surface area contributed by atoms with Gasteiger partial charge in [-0.2, -0.15) is 0 Å². The molecule has 1 aromatic heterocycles. The lowest BCUT2D eigenvalue weighted by Crippen LogP contribution is -1.93. The molecule has 0 amide bonds. The Morgan fingerprint density at radius 3 is 2.85 bits per heavy atom. The largest absolute Gasteiger partial charge is 0.358 e. The Labute approximate surface area is 86.3 Å². The molecule has 13 heavy (non-hydrogen) atoms. The number of para-hydroxylation sites is 1. The molecule has 1 nitrogen and oxygen atoms in total. The van der Waals surface area contributed by atoms with E-state index >= 15 is 0 Å². The van der Waals surface area contributed by atoms with Crippen LogP contribution in [0.15, 0.2) is 30.3 Å². The highest BCUT2D eigenvalue weighted by Gasteiger charge is 2.06. The van der Waals surface area contributed by atoms with Crippen molar-refractivity contribution in [3.63, 3.8) is 0 Å². The molecule has 0 saturated carbocycles. The van der Waals surface area contributed by atoms with E-state index in [1.54, 1.807) is 0 Å². The maximum Gasteiger partial charge on any atom is 0.0456 e. The van der Waals surface area contributed by atoms with Gasteiger partial charge in [0, 0.05) is 22.5 Å². The minimum atomic E-state index is 0.549. The molecule has 0 aliphatic carbocycles. The third kappa shape index (κ3) is 1.63. The number of hydrogen-bond donors (Lipinski definition) is 1. The molecular weight excluding hydrogens is 226 g/mol. The van der Waals surface area contributed by atoms with Gasteiger partial charge in [-0.1, -0.05) is 41.1 Å². The Morgan fingerprint density at radius 2 is 2.15 bits per heavy atom. The van der Waals surface area contributed by atoms with Crippen LogP contribution in [0, 0.1) is 0 Å². The molecule has 1 aromatic carbocycles. The first-order valence-electron chi connectivity index (χ1n) is 4.45. The number of halogens is 1. The molecule has 0 aliphatic heterocycles. The van der Waals surface area contributed by atoms with Gasteiger partial charge >= 0.3 is 0 Å². The van der Waals surface area contributed by atoms with E-state index < -0.39 is 0 Å². The molecule has 1 heterocycles. The van der Waals surface area contributed by atoms with Crippen LogP contribution in [0.2, 0.25) is 0 Å². The normalized spacial score (nSPS) is 13.4. The fourth-order valence-electron chi connectivity index (χ4n) is 1.44. The average Bonchev–Trinajstić information content (AvgIpc) is 2.59. The van der Waals surface area contributed by atoms with Crippen LogP contribution >= 0.6 is 15.9 Å². The third-order valence-corrected chi connectivity index (χ3v) is 3.28. The van der Waals surface area contributed by atoms with Crippen LogP contribution in [0.4, 0.5) is 0 Å². The lowest BCUT2D eigenvalue weighted by Gasteiger charge is -2.02. The van der Waals surface area contributed by atoms with E-state index in [9.17, 15) is 0 Å². The Kier molecular flexibility index (Phi) is 2.40. The first kappa shape index (κ1) is 8.82. The van der Waals surface area contributed by atoms with Crippen LogP contribution in [-0.4, -0.2) is 10.3 Å². The van der Waals surface area contributed by atoms with E-state index in [1.165, 1.54) is 16.6 Å². The van der Waals surface area contributed by atoms with Crippen molar-refractivity contribution < 1.29 is 0 Å². The van der Waals surface area contributed by atoms with Crippen molar-refractivity contribution in [2.45, 2.75) is 12.8 Å². The number of benzene rings is 1. The van der Waals surface area contributed by atoms with Crippen LogP contribution in [0.5, 0.6) is 0 Å². The van der Waals surface area contributed by atoms with Crippen molar-refractivity contribution in [2.75, 3.05) is 5.33 Å². The second kappa shape index (κ2) is 3.54. The van der Waals surface area contributed by atoms with Crippen molar-refractivity contribution in [3.05, 3.63) is 36.0 Å². The van der Waals surface area contributed by atoms with E-state index in [1.807, 2.05) is 0 Å². The van der Waals surface area contributed by atoms with Gasteiger partial charge in [-0.05, 0) is 17.5 Å². The van der Waals surface area contributed by atoms with Crippen LogP contribution < -0.4 is 0 Å². The van der Waals surface area contributed by atoms with Gasteiger partial charge in [0.25, 0.3) is 0 Å². The lowest BCUT2D eigenvalue weighted by atomic mass is 10.1. The summed E-state index contributed by atoms with van der Waals surface area (Å²) in [5.41, 5.74) is 2.53. The van der Waals surface area contributed by atoms with E-state index in [-0.39, 0.29) is 0 Å². The molecule has 0 radical (unpaired) electrons. The average molecular weight is 238 g/mol. The number of fused-ring (bicyclic) bond motifs is 1. The number of aromatic amines is 1. The zero-order valence-corrected chi connectivity index (χ0v) is 9.14. The summed E-state index contributed by atoms with van der Waals surface area (Å²) in [5.74, 6) is 0.549. The number of H-pyrrole nitrogens is 1. The maximum absolute atomic E-state index is 3.49. The van der Waals surface area contributed by atoms with Gasteiger partial charge in [0.15, 0.2) is 0 Å². The number of hydrogen-bond acceptors (Lipinski definition) is 0. The van der Waals surface area contributed by atoms with Gasteiger partial charge in [-0.3, -0.25) is 0 Å². The predicted molar refractivity (Wildman–Crippen MR) is 60.5 cm³/mol. The predicted octanol–water partition coefficient (Wildman–Crippen LogP) is 3.67. The lowest BCUT2D eigenvalue weighted by molar-refractivity contribution is 0.856. The van der Waals surface area contributed by atoms with E-state index in [0.29, 0.717) is 5.92 Å². The van der Waals surface area contributed by atoms with Crippen molar-refractivity contribution in [3.8, 4) is 0 Å². The Bertz CT molecular complexity index is 372. The molecule has 1 atom stereocenters. The summed E-state index contributed by atoms with van der Waals surface area (Å²) in [6, 6.07) is 10.6. The number of aromatic nitrogens is 1. The van der Waals surface area contributed by atoms with Gasteiger partial charge in [0.05, 0.1) is 0 Å². The molecule has 2 heteroatoms. The first-order valence-corrected chi connectivity index (χ1v) is 5.57. The summed E-state index contributed by atoms with van der Waals surface area (Å²) in [4.78, 5) is 3.42. The molecule has 0 saturated heterocycles. The molecule has 0 bridgehead atoms. The molecule has 0 fully saturated rings. The van der Waals surface area contributed by atoms with Gasteiger partial charge < -0.3 is 4.98 Å². The summed E-state index contributed by atoms with van der Waals surface area (Å²) in [6.07, 6.45) is 0. The summed E-state index contributed by atoms with van der Waals surface area (Å²) < 4.78 is 0. The van der Waals surface area contributed by atoms with Gasteiger partial charge in [-0.25, -0.2) is 0 Å². The topological polar surface area (TPSA) is 15.8 Å². The van der Waals surface area contributed by atoms with Gasteiger partial charge in [0.1, 0.15) is 0 Å². The fourth-order valence-corrected chi connectivity index (χ4v) is 1.79. The highest BCUT2D eigenvalue weighted by atomic mass is 79.9. The Hall–Kier alpha value is -0.760. The van der Waals surface area contributed by atoms with Crippen molar-refractivity contribution in [2.24, 2.45) is 0 Å². The minimum absolute atomic E-state index is 0.549. The zero-order valence-electron chi connectivity index (χ0n) is 7.55. The molecule has 0 aliphatic rings. The second-order valence-electron chi connectivity index (χ2n) is 3.37. The second-order valence-corrected chi connectivity index (χ2v) is 4.01. The molecule has 1 unspecified atom stereocenters. The standard InChI is InChI=1S/C11H12BrN/c1-8(7-12)11-6-9-4-2-3-5-10(9)13-11/h2-6,8,13H,7H2,1H3. The summed E-state index contributed by atoms with van der Waals surface area (Å²) in [5, 5.41) is 2.30. The molecule has 2 rings (SSSR count). The SMILES string of the molecule is CC(CBr)c1cc2ccccc2[nH]1.